The molecule has 3 heterocycles. The summed E-state index contributed by atoms with van der Waals surface area (Å²) in [5, 5.41) is 47.8. The first kappa shape index (κ1) is 89.3. The van der Waals surface area contributed by atoms with Crippen molar-refractivity contribution in [1.29, 1.82) is 0 Å². The van der Waals surface area contributed by atoms with E-state index >= 15 is 0 Å². The second-order valence-corrected chi connectivity index (χ2v) is 34.2. The van der Waals surface area contributed by atoms with Crippen LogP contribution in [0.1, 0.15) is 136 Å². The Labute approximate surface area is 647 Å². The molecular formula is C76H105N10O22S3+. The minimum Gasteiger partial charge on any atom is -0.481 e. The van der Waals surface area contributed by atoms with E-state index < -0.39 is 106 Å². The molecule has 0 radical (unpaired) electrons. The van der Waals surface area contributed by atoms with Crippen molar-refractivity contribution in [3.8, 4) is 0 Å². The highest BCUT2D eigenvalue weighted by molar-refractivity contribution is 7.86. The third kappa shape index (κ3) is 26.1. The predicted octanol–water partition coefficient (Wildman–Crippen LogP) is 5.34. The Hall–Kier alpha value is -8.91. The van der Waals surface area contributed by atoms with Crippen molar-refractivity contribution in [3.05, 3.63) is 108 Å². The van der Waals surface area contributed by atoms with E-state index in [1.165, 1.54) is 31.2 Å². The fourth-order valence-electron chi connectivity index (χ4n) is 14.6. The first-order chi connectivity index (χ1) is 52.1. The Kier molecular flexibility index (Phi) is 32.2. The quantitative estimate of drug-likeness (QED) is 0.0116. The fraction of sp³-hybridized carbons (Fsp3) is 0.526. The number of fused-ring (bicyclic) bond motifs is 6. The Morgan fingerprint density at radius 3 is 1.58 bits per heavy atom. The maximum Gasteiger partial charge on any atom is 0.317 e. The van der Waals surface area contributed by atoms with Crippen molar-refractivity contribution in [1.82, 2.24) is 35.6 Å². The molecule has 35 heteroatoms. The van der Waals surface area contributed by atoms with Crippen molar-refractivity contribution in [2.45, 2.75) is 156 Å². The van der Waals surface area contributed by atoms with Crippen LogP contribution in [-0.4, -0.2) is 259 Å². The number of nitrogens with zero attached hydrogens (tertiary/aromatic N) is 6. The number of carboxylic acids is 4. The van der Waals surface area contributed by atoms with Crippen molar-refractivity contribution < 1.29 is 107 Å². The number of benzene rings is 4. The topological polar surface area (TPSA) is 479 Å². The molecule has 7 rings (SSSR count). The number of nitrogens with one attached hydrogen (secondary N) is 3. The van der Waals surface area contributed by atoms with Gasteiger partial charge in [-0.3, -0.25) is 76.4 Å². The van der Waals surface area contributed by atoms with Gasteiger partial charge in [-0.15, -0.1) is 0 Å². The van der Waals surface area contributed by atoms with E-state index in [-0.39, 0.29) is 158 Å². The molecule has 3 aliphatic rings. The number of nitrogens with two attached hydrogens (primary N) is 1. The van der Waals surface area contributed by atoms with Gasteiger partial charge in [0, 0.05) is 138 Å². The fourth-order valence-corrected chi connectivity index (χ4v) is 16.0. The number of rotatable bonds is 41. The molecule has 3 aliphatic heterocycles. The lowest BCUT2D eigenvalue weighted by Crippen LogP contribution is -2.49. The molecule has 111 heavy (non-hydrogen) atoms. The monoisotopic (exact) mass is 1610 g/mol. The summed E-state index contributed by atoms with van der Waals surface area (Å²) < 4.78 is 105. The number of hydrogen-bond donors (Lipinski definition) is 11. The third-order valence-corrected chi connectivity index (χ3v) is 23.5. The van der Waals surface area contributed by atoms with Crippen molar-refractivity contribution in [2.24, 2.45) is 11.7 Å². The maximum atomic E-state index is 13.8. The molecule has 12 N–H and O–H groups in total. The minimum absolute atomic E-state index is 0.0697. The summed E-state index contributed by atoms with van der Waals surface area (Å²) in [6.07, 6.45) is 12.1. The number of amides is 4. The van der Waals surface area contributed by atoms with Crippen LogP contribution in [0.4, 0.5) is 11.4 Å². The number of hydrogen-bond acceptors (Lipinski definition) is 20. The van der Waals surface area contributed by atoms with E-state index in [9.17, 15) is 102 Å². The zero-order valence-electron chi connectivity index (χ0n) is 63.3. The number of primary amides is 1. The Balaban J connectivity index is 0.941. The van der Waals surface area contributed by atoms with Gasteiger partial charge < -0.3 is 47.0 Å². The maximum absolute atomic E-state index is 13.8. The average molecular weight is 1610 g/mol. The number of unbranched alkanes of at least 4 members (excludes halogenated alkanes) is 4. The smallest absolute Gasteiger partial charge is 0.317 e. The first-order valence-corrected chi connectivity index (χ1v) is 41.5. The molecule has 0 saturated carbocycles. The number of carbonyl (C=O) groups is 9. The van der Waals surface area contributed by atoms with Crippen LogP contribution in [0.2, 0.25) is 0 Å². The molecular weight excluding hydrogens is 1500 g/mol. The van der Waals surface area contributed by atoms with Gasteiger partial charge in [-0.05, 0) is 142 Å². The molecule has 4 amide bonds. The number of carbonyl (C=O) groups excluding carboxylic acids is 5. The second-order valence-electron chi connectivity index (χ2n) is 29.6. The van der Waals surface area contributed by atoms with Gasteiger partial charge in [-0.2, -0.15) is 29.8 Å². The van der Waals surface area contributed by atoms with Crippen molar-refractivity contribution in [3.63, 3.8) is 0 Å². The standard InChI is InChI=1S/C76H104N10O22S3/c1-51(109(100,101)102)31-35-86-62-29-22-53-46-57(111(106,107)108)25-27-59(53)72(62)76(4,5)64(86)19-9-6-8-18-63-75(2,3)71-58-26-24-56(110(103,104)105)45-52(58)21-28-61(71)85(63)34-15-7-10-20-65(88)78-32-13-11-16-54(44-55(87)23-30-67(90)91)74(99)80-60(73(77)98)17-12-14-33-79-66(89)47-81-36-38-82(48-68(92)93)40-42-84(50-70(96)97)43-41-83(39-37-81)49-69(94)95/h6,8-9,18-19,21-22,24-29,45-46,51,54,60H,7,10-17,20,23,30-44,47-50H2,1-5H3,(H11-,77,78,79,80,88,89,90,91,92,93,94,95,96,97,98,99,100,101,102,103,104,105,106,107,108)/p+1/t51?,54-,60+/m1/s1. The van der Waals surface area contributed by atoms with E-state index in [1.807, 2.05) is 61.3 Å². The molecule has 1 unspecified atom stereocenters. The van der Waals surface area contributed by atoms with Crippen molar-refractivity contribution >= 4 is 122 Å². The molecule has 1 saturated heterocycles. The van der Waals surface area contributed by atoms with Crippen molar-refractivity contribution in [2.75, 3.05) is 110 Å². The summed E-state index contributed by atoms with van der Waals surface area (Å²) in [6.45, 7) is 11.3. The Morgan fingerprint density at radius 2 is 1.06 bits per heavy atom. The lowest BCUT2D eigenvalue weighted by atomic mass is 9.79. The Bertz CT molecular complexity index is 4570. The van der Waals surface area contributed by atoms with Crippen LogP contribution in [0.3, 0.4) is 0 Å². The van der Waals surface area contributed by atoms with Gasteiger partial charge in [0.2, 0.25) is 29.3 Å². The lowest BCUT2D eigenvalue weighted by Gasteiger charge is -2.32. The van der Waals surface area contributed by atoms with Crippen LogP contribution < -0.4 is 26.6 Å². The molecule has 0 bridgehead atoms. The summed E-state index contributed by atoms with van der Waals surface area (Å²) in [6, 6.07) is 14.9. The van der Waals surface area contributed by atoms with Gasteiger partial charge in [0.1, 0.15) is 18.4 Å². The van der Waals surface area contributed by atoms with E-state index in [2.05, 4.69) is 34.4 Å². The summed E-state index contributed by atoms with van der Waals surface area (Å²) in [5.74, 6) is -7.98. The summed E-state index contributed by atoms with van der Waals surface area (Å²) in [4.78, 5) is 121. The molecule has 0 aliphatic carbocycles. The van der Waals surface area contributed by atoms with Gasteiger partial charge in [0.15, 0.2) is 5.71 Å². The largest absolute Gasteiger partial charge is 0.481 e. The minimum atomic E-state index is -4.52. The normalized spacial score (nSPS) is 17.5. The highest BCUT2D eigenvalue weighted by atomic mass is 32.2. The first-order valence-electron chi connectivity index (χ1n) is 37.1. The molecule has 4 aromatic rings. The Morgan fingerprint density at radius 1 is 0.550 bits per heavy atom. The SMILES string of the molecule is CC(CCN1C(=CC=CC=CC2=[N+](CCCCCC(=O)NCCCC[C@H](CC(=O)CCC(=O)O)C(=O)N[C@@H](CCCCNC(=O)CN3CCN(CC(=O)O)CCN(CC(=O)O)CCN(CC(=O)O)CC3)C(N)=O)c3ccc4cc(S(=O)(=O)O)ccc4c3C2(C)C)C(C)(C)c2c1ccc1cc(S(=O)(=O)O)ccc21)S(=O)(=O)O. The molecule has 608 valence electrons. The molecule has 32 nitrogen and oxygen atoms in total. The van der Waals surface area contributed by atoms with E-state index in [1.54, 1.807) is 43.9 Å². The average Bonchev–Trinajstić information content (AvgIpc) is 1.58. The highest BCUT2D eigenvalue weighted by Gasteiger charge is 2.46. The van der Waals surface area contributed by atoms with Gasteiger partial charge in [-0.1, -0.05) is 56.7 Å². The summed E-state index contributed by atoms with van der Waals surface area (Å²) in [7, 11) is -13.4. The molecule has 0 aromatic heterocycles. The van der Waals surface area contributed by atoms with Gasteiger partial charge in [0.05, 0.1) is 53.1 Å². The summed E-state index contributed by atoms with van der Waals surface area (Å²) >= 11 is 0. The second kappa shape index (κ2) is 40.0. The number of aliphatic carboxylic acids is 4. The summed E-state index contributed by atoms with van der Waals surface area (Å²) in [5.41, 5.74) is 9.42. The van der Waals surface area contributed by atoms with Crippen LogP contribution in [0.25, 0.3) is 21.5 Å². The van der Waals surface area contributed by atoms with Gasteiger partial charge >= 0.3 is 23.9 Å². The van der Waals surface area contributed by atoms with Crippen LogP contribution in [-0.2, 0) is 84.3 Å². The molecule has 0 spiro atoms. The molecule has 3 atom stereocenters. The number of allylic oxidation sites excluding steroid dienone is 6. The van der Waals surface area contributed by atoms with Crippen LogP contribution in [0, 0.1) is 5.92 Å². The number of carboxylic acid groups (broad SMARTS) is 4. The highest BCUT2D eigenvalue weighted by Crippen LogP contribution is 2.51. The number of ketones is 1. The van der Waals surface area contributed by atoms with Crippen LogP contribution in [0.15, 0.2) is 107 Å². The zero-order chi connectivity index (χ0) is 81.8. The van der Waals surface area contributed by atoms with Crippen LogP contribution >= 0.6 is 0 Å². The van der Waals surface area contributed by atoms with Gasteiger partial charge in [0.25, 0.3) is 30.4 Å². The molecule has 4 aromatic carbocycles. The van der Waals surface area contributed by atoms with Gasteiger partial charge in [-0.25, -0.2) is 0 Å². The molecule has 1 fully saturated rings. The number of Topliss-reactive ketones (excluding diaryl/α,β-unsaturated/α-hetero) is 1. The van der Waals surface area contributed by atoms with E-state index in [4.69, 9.17) is 5.73 Å². The number of anilines is 1. The zero-order valence-corrected chi connectivity index (χ0v) is 65.8. The van der Waals surface area contributed by atoms with E-state index in [0.717, 1.165) is 44.7 Å². The predicted molar refractivity (Wildman–Crippen MR) is 415 cm³/mol. The van der Waals surface area contributed by atoms with E-state index in [0.29, 0.717) is 62.3 Å². The third-order valence-electron chi connectivity index (χ3n) is 20.6. The van der Waals surface area contributed by atoms with Crippen LogP contribution in [0.5, 0.6) is 0 Å². The lowest BCUT2D eigenvalue weighted by molar-refractivity contribution is -0.438.